The molecule has 1 aromatic carbocycles. The molecule has 4 nitrogen and oxygen atoms in total. The van der Waals surface area contributed by atoms with Crippen molar-refractivity contribution in [1.29, 1.82) is 0 Å². The number of ether oxygens (including phenoxy) is 1. The first-order valence-corrected chi connectivity index (χ1v) is 10.4. The lowest BCUT2D eigenvalue weighted by Gasteiger charge is -2.35. The zero-order valence-corrected chi connectivity index (χ0v) is 16.5. The van der Waals surface area contributed by atoms with Gasteiger partial charge in [0.15, 0.2) is 0 Å². The maximum atomic E-state index is 13.1. The van der Waals surface area contributed by atoms with Crippen LogP contribution in [-0.4, -0.2) is 42.7 Å². The smallest absolute Gasteiger partial charge is 0.337 e. The van der Waals surface area contributed by atoms with Gasteiger partial charge >= 0.3 is 5.97 Å². The van der Waals surface area contributed by atoms with Crippen LogP contribution in [0.25, 0.3) is 0 Å². The zero-order valence-electron chi connectivity index (χ0n) is 15.6. The number of hydrogen-bond acceptors (Lipinski definition) is 4. The van der Waals surface area contributed by atoms with Crippen LogP contribution in [0.3, 0.4) is 0 Å². The molecule has 0 spiro atoms. The molecule has 1 fully saturated rings. The van der Waals surface area contributed by atoms with Crippen molar-refractivity contribution in [3.8, 4) is 0 Å². The lowest BCUT2D eigenvalue weighted by atomic mass is 9.81. The number of fused-ring (bicyclic) bond motifs is 1. The van der Waals surface area contributed by atoms with E-state index in [1.165, 1.54) is 37.5 Å². The normalized spacial score (nSPS) is 19.4. The Hall–Kier alpha value is -1.49. The van der Waals surface area contributed by atoms with Gasteiger partial charge in [0, 0.05) is 19.0 Å². The number of thiol groups is 1. The van der Waals surface area contributed by atoms with Crippen LogP contribution in [0.4, 0.5) is 0 Å². The summed E-state index contributed by atoms with van der Waals surface area (Å²) in [4.78, 5) is 26.9. The minimum Gasteiger partial charge on any atom is -0.465 e. The summed E-state index contributed by atoms with van der Waals surface area (Å²) < 4.78 is 4.80. The number of amides is 1. The van der Waals surface area contributed by atoms with Gasteiger partial charge in [-0.15, -0.1) is 0 Å². The Morgan fingerprint density at radius 3 is 2.69 bits per heavy atom. The minimum atomic E-state index is -0.301. The summed E-state index contributed by atoms with van der Waals surface area (Å²) >= 11 is 4.31. The first-order valence-electron chi connectivity index (χ1n) is 9.72. The van der Waals surface area contributed by atoms with Crippen LogP contribution in [-0.2, 0) is 22.4 Å². The average Bonchev–Trinajstić information content (AvgIpc) is 2.64. The lowest BCUT2D eigenvalue weighted by Crippen LogP contribution is -2.43. The van der Waals surface area contributed by atoms with Gasteiger partial charge in [-0.05, 0) is 73.5 Å². The largest absolute Gasteiger partial charge is 0.465 e. The second-order valence-electron chi connectivity index (χ2n) is 7.57. The van der Waals surface area contributed by atoms with E-state index in [0.29, 0.717) is 17.4 Å². The fourth-order valence-corrected chi connectivity index (χ4v) is 4.15. The molecular formula is C21H29NO3S. The van der Waals surface area contributed by atoms with E-state index in [4.69, 9.17) is 4.74 Å². The molecule has 2 aliphatic carbocycles. The van der Waals surface area contributed by atoms with Crippen LogP contribution < -0.4 is 0 Å². The van der Waals surface area contributed by atoms with Gasteiger partial charge < -0.3 is 9.64 Å². The van der Waals surface area contributed by atoms with Gasteiger partial charge in [-0.3, -0.25) is 4.79 Å². The Morgan fingerprint density at radius 1 is 1.23 bits per heavy atom. The number of benzene rings is 1. The van der Waals surface area contributed by atoms with Crippen molar-refractivity contribution in [2.24, 2.45) is 11.8 Å². The highest BCUT2D eigenvalue weighted by Crippen LogP contribution is 2.31. The van der Waals surface area contributed by atoms with E-state index in [9.17, 15) is 9.59 Å². The molecule has 142 valence electrons. The van der Waals surface area contributed by atoms with Crippen molar-refractivity contribution in [2.45, 2.75) is 44.9 Å². The number of carbonyl (C=O) groups is 2. The van der Waals surface area contributed by atoms with Crippen molar-refractivity contribution in [3.63, 3.8) is 0 Å². The third kappa shape index (κ3) is 4.43. The summed E-state index contributed by atoms with van der Waals surface area (Å²) in [6, 6.07) is 5.73. The molecule has 0 bridgehead atoms. The Balaban J connectivity index is 1.67. The number of methoxy groups -OCH3 is 1. The number of hydrogen-bond donors (Lipinski definition) is 1. The zero-order chi connectivity index (χ0) is 18.5. The summed E-state index contributed by atoms with van der Waals surface area (Å²) in [5.74, 6) is 1.58. The standard InChI is InChI=1S/C21H29NO3S/c1-25-21(24)19-9-7-16-12-18(8-6-17(16)13-19)20(23)22(10-3-11-26)14-15-4-2-5-15/h7,9,13,15,18,26H,2-6,8,10-12,14H2,1H3. The van der Waals surface area contributed by atoms with Crippen LogP contribution in [0.2, 0.25) is 0 Å². The third-order valence-electron chi connectivity index (χ3n) is 5.81. The van der Waals surface area contributed by atoms with Gasteiger partial charge in [0.05, 0.1) is 12.7 Å². The van der Waals surface area contributed by atoms with Crippen LogP contribution in [0.1, 0.15) is 53.6 Å². The Morgan fingerprint density at radius 2 is 2.04 bits per heavy atom. The highest BCUT2D eigenvalue weighted by atomic mass is 32.1. The topological polar surface area (TPSA) is 46.6 Å². The van der Waals surface area contributed by atoms with Gasteiger partial charge in [-0.1, -0.05) is 12.5 Å². The van der Waals surface area contributed by atoms with E-state index in [1.54, 1.807) is 0 Å². The van der Waals surface area contributed by atoms with E-state index in [1.807, 2.05) is 18.2 Å². The predicted octanol–water partition coefficient (Wildman–Crippen LogP) is 3.53. The molecule has 0 N–H and O–H groups in total. The first kappa shape index (κ1) is 19.3. The van der Waals surface area contributed by atoms with Crippen molar-refractivity contribution in [2.75, 3.05) is 26.0 Å². The van der Waals surface area contributed by atoms with Crippen LogP contribution in [0.5, 0.6) is 0 Å². The molecule has 0 radical (unpaired) electrons. The van der Waals surface area contributed by atoms with E-state index >= 15 is 0 Å². The van der Waals surface area contributed by atoms with Gasteiger partial charge in [0.1, 0.15) is 0 Å². The quantitative estimate of drug-likeness (QED) is 0.586. The third-order valence-corrected chi connectivity index (χ3v) is 6.12. The molecule has 1 amide bonds. The molecule has 0 aromatic heterocycles. The SMILES string of the molecule is COC(=O)c1ccc2c(c1)CCC(C(=O)N(CCCS)CC1CCC1)C2. The number of esters is 1. The van der Waals surface area contributed by atoms with E-state index in [0.717, 1.165) is 44.5 Å². The summed E-state index contributed by atoms with van der Waals surface area (Å²) in [7, 11) is 1.40. The molecule has 1 saturated carbocycles. The highest BCUT2D eigenvalue weighted by Gasteiger charge is 2.31. The maximum absolute atomic E-state index is 13.1. The van der Waals surface area contributed by atoms with Gasteiger partial charge in [-0.2, -0.15) is 12.6 Å². The van der Waals surface area contributed by atoms with Gasteiger partial charge in [0.2, 0.25) is 5.91 Å². The monoisotopic (exact) mass is 375 g/mol. The molecule has 1 unspecified atom stereocenters. The fourth-order valence-electron chi connectivity index (χ4n) is 4.01. The fraction of sp³-hybridized carbons (Fsp3) is 0.619. The summed E-state index contributed by atoms with van der Waals surface area (Å²) in [5, 5.41) is 0. The molecular weight excluding hydrogens is 346 g/mol. The van der Waals surface area contributed by atoms with Crippen molar-refractivity contribution >= 4 is 24.5 Å². The molecule has 1 aromatic rings. The average molecular weight is 376 g/mol. The molecule has 1 atom stereocenters. The van der Waals surface area contributed by atoms with Crippen molar-refractivity contribution in [3.05, 3.63) is 34.9 Å². The van der Waals surface area contributed by atoms with Gasteiger partial charge in [-0.25, -0.2) is 4.79 Å². The Bertz CT molecular complexity index is 657. The maximum Gasteiger partial charge on any atom is 0.337 e. The molecule has 0 aliphatic heterocycles. The predicted molar refractivity (Wildman–Crippen MR) is 106 cm³/mol. The number of aryl methyl sites for hydroxylation is 1. The molecule has 0 heterocycles. The molecule has 0 saturated heterocycles. The van der Waals surface area contributed by atoms with Crippen LogP contribution in [0.15, 0.2) is 18.2 Å². The minimum absolute atomic E-state index is 0.0615. The summed E-state index contributed by atoms with van der Waals surface area (Å²) in [6.07, 6.45) is 7.26. The van der Waals surface area contributed by atoms with E-state index < -0.39 is 0 Å². The summed E-state index contributed by atoms with van der Waals surface area (Å²) in [5.41, 5.74) is 2.97. The highest BCUT2D eigenvalue weighted by molar-refractivity contribution is 7.80. The first-order chi connectivity index (χ1) is 12.6. The van der Waals surface area contributed by atoms with Gasteiger partial charge in [0.25, 0.3) is 0 Å². The Kier molecular flexibility index (Phi) is 6.63. The van der Waals surface area contributed by atoms with E-state index in [2.05, 4.69) is 17.5 Å². The number of nitrogens with zero attached hydrogens (tertiary/aromatic N) is 1. The number of rotatable bonds is 7. The van der Waals surface area contributed by atoms with E-state index in [-0.39, 0.29) is 11.9 Å². The molecule has 5 heteroatoms. The molecule has 26 heavy (non-hydrogen) atoms. The number of carbonyl (C=O) groups excluding carboxylic acids is 2. The van der Waals surface area contributed by atoms with Crippen molar-refractivity contribution in [1.82, 2.24) is 4.90 Å². The summed E-state index contributed by atoms with van der Waals surface area (Å²) in [6.45, 7) is 1.74. The second-order valence-corrected chi connectivity index (χ2v) is 8.02. The van der Waals surface area contributed by atoms with Crippen LogP contribution in [0, 0.1) is 11.8 Å². The van der Waals surface area contributed by atoms with Crippen molar-refractivity contribution < 1.29 is 14.3 Å². The lowest BCUT2D eigenvalue weighted by molar-refractivity contribution is -0.137. The molecule has 2 aliphatic rings. The Labute approximate surface area is 161 Å². The van der Waals surface area contributed by atoms with Crippen LogP contribution >= 0.6 is 12.6 Å². The second kappa shape index (κ2) is 8.94. The molecule has 3 rings (SSSR count).